The van der Waals surface area contributed by atoms with Gasteiger partial charge in [0.25, 0.3) is 15.9 Å². The summed E-state index contributed by atoms with van der Waals surface area (Å²) in [6.07, 6.45) is 0. The fourth-order valence-corrected chi connectivity index (χ4v) is 4.52. The van der Waals surface area contributed by atoms with E-state index in [0.717, 1.165) is 11.3 Å². The second-order valence-electron chi connectivity index (χ2n) is 4.43. The minimum absolute atomic E-state index is 0.112. The van der Waals surface area contributed by atoms with E-state index in [1.54, 1.807) is 32.0 Å². The van der Waals surface area contributed by atoms with E-state index in [2.05, 4.69) is 15.5 Å². The van der Waals surface area contributed by atoms with Crippen LogP contribution in [0.25, 0.3) is 0 Å². The van der Waals surface area contributed by atoms with Gasteiger partial charge in [0.05, 0.1) is 0 Å². The lowest BCUT2D eigenvalue weighted by Crippen LogP contribution is -2.30. The van der Waals surface area contributed by atoms with Crippen LogP contribution in [0.3, 0.4) is 0 Å². The summed E-state index contributed by atoms with van der Waals surface area (Å²) in [6.45, 7) is 4.15. The Hall–Kier alpha value is -1.55. The quantitative estimate of drug-likeness (QED) is 0.784. The molecule has 0 saturated heterocycles. The van der Waals surface area contributed by atoms with Crippen molar-refractivity contribution in [2.45, 2.75) is 18.2 Å². The van der Waals surface area contributed by atoms with Crippen LogP contribution in [-0.4, -0.2) is 41.9 Å². The maximum Gasteiger partial charge on any atom is 0.272 e. The summed E-state index contributed by atoms with van der Waals surface area (Å²) in [5, 5.41) is 10.4. The fourth-order valence-electron chi connectivity index (χ4n) is 1.84. The molecule has 0 unspecified atom stereocenters. The lowest BCUT2D eigenvalue weighted by atomic mass is 10.2. The average Bonchev–Trinajstić information content (AvgIpc) is 2.97. The SMILES string of the molecule is CCN(CC)S(=O)(=O)c1nnc(NC(=O)c2cccc(Cl)c2)s1. The molecule has 10 heteroatoms. The predicted molar refractivity (Wildman–Crippen MR) is 89.4 cm³/mol. The van der Waals surface area contributed by atoms with Crippen molar-refractivity contribution in [3.05, 3.63) is 34.9 Å². The molecule has 0 atom stereocenters. The molecule has 1 amide bonds. The van der Waals surface area contributed by atoms with Crippen LogP contribution in [0.4, 0.5) is 5.13 Å². The molecule has 1 aromatic heterocycles. The Labute approximate surface area is 143 Å². The number of nitrogens with zero attached hydrogens (tertiary/aromatic N) is 3. The van der Waals surface area contributed by atoms with E-state index in [0.29, 0.717) is 23.7 Å². The lowest BCUT2D eigenvalue weighted by molar-refractivity contribution is 0.102. The zero-order chi connectivity index (χ0) is 17.0. The Morgan fingerprint density at radius 2 is 2.00 bits per heavy atom. The van der Waals surface area contributed by atoms with Gasteiger partial charge in [-0.05, 0) is 18.2 Å². The van der Waals surface area contributed by atoms with Crippen LogP contribution in [0.2, 0.25) is 5.02 Å². The Morgan fingerprint density at radius 1 is 1.30 bits per heavy atom. The van der Waals surface area contributed by atoms with Crippen LogP contribution < -0.4 is 5.32 Å². The van der Waals surface area contributed by atoms with E-state index in [-0.39, 0.29) is 9.47 Å². The minimum atomic E-state index is -3.68. The molecule has 0 aliphatic carbocycles. The number of hydrogen-bond donors (Lipinski definition) is 1. The molecule has 23 heavy (non-hydrogen) atoms. The smallest absolute Gasteiger partial charge is 0.272 e. The molecular weight excluding hydrogens is 360 g/mol. The van der Waals surface area contributed by atoms with Crippen LogP contribution in [0.1, 0.15) is 24.2 Å². The molecule has 0 saturated carbocycles. The molecule has 1 aromatic carbocycles. The van der Waals surface area contributed by atoms with Gasteiger partial charge in [-0.25, -0.2) is 8.42 Å². The van der Waals surface area contributed by atoms with Gasteiger partial charge in [-0.2, -0.15) is 4.31 Å². The summed E-state index contributed by atoms with van der Waals surface area (Å²) in [5.74, 6) is -0.435. The van der Waals surface area contributed by atoms with Gasteiger partial charge in [-0.3, -0.25) is 10.1 Å². The van der Waals surface area contributed by atoms with Gasteiger partial charge in [0.2, 0.25) is 9.47 Å². The molecule has 1 heterocycles. The van der Waals surface area contributed by atoms with E-state index in [1.165, 1.54) is 10.4 Å². The highest BCUT2D eigenvalue weighted by atomic mass is 35.5. The van der Waals surface area contributed by atoms with Crippen molar-refractivity contribution in [3.8, 4) is 0 Å². The monoisotopic (exact) mass is 374 g/mol. The number of carbonyl (C=O) groups is 1. The van der Waals surface area contributed by atoms with Gasteiger partial charge in [0.15, 0.2) is 0 Å². The van der Waals surface area contributed by atoms with E-state index in [4.69, 9.17) is 11.6 Å². The third-order valence-corrected chi connectivity index (χ3v) is 6.45. The van der Waals surface area contributed by atoms with E-state index >= 15 is 0 Å². The first kappa shape index (κ1) is 17.8. The number of amides is 1. The predicted octanol–water partition coefficient (Wildman–Crippen LogP) is 2.47. The second-order valence-corrected chi connectivity index (χ2v) is 7.95. The maximum atomic E-state index is 12.3. The number of aromatic nitrogens is 2. The first-order chi connectivity index (χ1) is 10.9. The molecule has 0 bridgehead atoms. The van der Waals surface area contributed by atoms with Gasteiger partial charge in [0.1, 0.15) is 0 Å². The highest BCUT2D eigenvalue weighted by Gasteiger charge is 2.26. The van der Waals surface area contributed by atoms with E-state index < -0.39 is 15.9 Å². The Balaban J connectivity index is 2.18. The van der Waals surface area contributed by atoms with Gasteiger partial charge < -0.3 is 0 Å². The highest BCUT2D eigenvalue weighted by molar-refractivity contribution is 7.91. The first-order valence-electron chi connectivity index (χ1n) is 6.79. The summed E-state index contributed by atoms with van der Waals surface area (Å²) >= 11 is 6.64. The zero-order valence-electron chi connectivity index (χ0n) is 12.5. The number of halogens is 1. The molecule has 0 fully saturated rings. The molecular formula is C13H15ClN4O3S2. The number of hydrogen-bond acceptors (Lipinski definition) is 6. The normalized spacial score (nSPS) is 11.7. The first-order valence-corrected chi connectivity index (χ1v) is 9.42. The van der Waals surface area contributed by atoms with Crippen molar-refractivity contribution < 1.29 is 13.2 Å². The maximum absolute atomic E-state index is 12.3. The molecule has 0 radical (unpaired) electrons. The van der Waals surface area contributed by atoms with Gasteiger partial charge in [0, 0.05) is 23.7 Å². The highest BCUT2D eigenvalue weighted by Crippen LogP contribution is 2.23. The van der Waals surface area contributed by atoms with Gasteiger partial charge >= 0.3 is 0 Å². The summed E-state index contributed by atoms with van der Waals surface area (Å²) in [6, 6.07) is 6.40. The van der Waals surface area contributed by atoms with Crippen molar-refractivity contribution >= 4 is 44.0 Å². The minimum Gasteiger partial charge on any atom is -0.296 e. The molecule has 0 spiro atoms. The lowest BCUT2D eigenvalue weighted by Gasteiger charge is -2.15. The van der Waals surface area contributed by atoms with Crippen LogP contribution >= 0.6 is 22.9 Å². The Bertz CT molecular complexity index is 803. The molecule has 124 valence electrons. The average molecular weight is 375 g/mol. The fraction of sp³-hybridized carbons (Fsp3) is 0.308. The molecule has 1 N–H and O–H groups in total. The molecule has 2 rings (SSSR count). The van der Waals surface area contributed by atoms with E-state index in [1.807, 2.05) is 0 Å². The van der Waals surface area contributed by atoms with Crippen molar-refractivity contribution in [2.75, 3.05) is 18.4 Å². The van der Waals surface area contributed by atoms with Crippen LogP contribution in [-0.2, 0) is 10.0 Å². The molecule has 2 aromatic rings. The summed E-state index contributed by atoms with van der Waals surface area (Å²) in [7, 11) is -3.68. The number of sulfonamides is 1. The van der Waals surface area contributed by atoms with Crippen molar-refractivity contribution in [1.29, 1.82) is 0 Å². The number of benzene rings is 1. The third kappa shape index (κ3) is 4.05. The summed E-state index contributed by atoms with van der Waals surface area (Å²) < 4.78 is 25.7. The van der Waals surface area contributed by atoms with Crippen LogP contribution in [0, 0.1) is 0 Å². The third-order valence-electron chi connectivity index (χ3n) is 2.98. The van der Waals surface area contributed by atoms with Crippen LogP contribution in [0.5, 0.6) is 0 Å². The van der Waals surface area contributed by atoms with Crippen LogP contribution in [0.15, 0.2) is 28.6 Å². The Kier molecular flexibility index (Phi) is 5.69. The van der Waals surface area contributed by atoms with Gasteiger partial charge in [-0.1, -0.05) is 42.9 Å². The number of carbonyl (C=O) groups excluding carboxylic acids is 1. The molecule has 0 aliphatic heterocycles. The van der Waals surface area contributed by atoms with Crippen molar-refractivity contribution in [1.82, 2.24) is 14.5 Å². The van der Waals surface area contributed by atoms with Crippen molar-refractivity contribution in [3.63, 3.8) is 0 Å². The topological polar surface area (TPSA) is 92.3 Å². The largest absolute Gasteiger partial charge is 0.296 e. The standard InChI is InChI=1S/C13H15ClN4O3S2/c1-3-18(4-2)23(20,21)13-17-16-12(22-13)15-11(19)9-6-5-7-10(14)8-9/h5-8H,3-4H2,1-2H3,(H,15,16,19). The van der Waals surface area contributed by atoms with Gasteiger partial charge in [-0.15, -0.1) is 10.2 Å². The van der Waals surface area contributed by atoms with E-state index in [9.17, 15) is 13.2 Å². The Morgan fingerprint density at radius 3 is 2.61 bits per heavy atom. The summed E-state index contributed by atoms with van der Waals surface area (Å²) in [5.41, 5.74) is 0.348. The number of rotatable bonds is 6. The van der Waals surface area contributed by atoms with Crippen molar-refractivity contribution in [2.24, 2.45) is 0 Å². The molecule has 0 aliphatic rings. The number of nitrogens with one attached hydrogen (secondary N) is 1. The number of anilines is 1. The zero-order valence-corrected chi connectivity index (χ0v) is 14.9. The molecule has 7 nitrogen and oxygen atoms in total. The second kappa shape index (κ2) is 7.35. The summed E-state index contributed by atoms with van der Waals surface area (Å²) in [4.78, 5) is 12.1.